The second-order valence-electron chi connectivity index (χ2n) is 6.07. The Morgan fingerprint density at radius 1 is 1.19 bits per heavy atom. The fourth-order valence-electron chi connectivity index (χ4n) is 2.74. The van der Waals surface area contributed by atoms with E-state index >= 15 is 0 Å². The molecule has 1 aliphatic heterocycles. The number of amides is 2. The Hall–Kier alpha value is -1.10. The van der Waals surface area contributed by atoms with Gasteiger partial charge in [0.2, 0.25) is 11.8 Å². The molecular formula is C16H31N3O2. The maximum atomic E-state index is 12.5. The van der Waals surface area contributed by atoms with E-state index in [9.17, 15) is 9.59 Å². The fraction of sp³-hybridized carbons (Fsp3) is 0.875. The van der Waals surface area contributed by atoms with Crippen LogP contribution in [-0.4, -0.2) is 41.9 Å². The molecule has 0 aromatic heterocycles. The summed E-state index contributed by atoms with van der Waals surface area (Å²) in [6.07, 6.45) is 4.89. The lowest BCUT2D eigenvalue weighted by atomic mass is 9.89. The minimum absolute atomic E-state index is 0.0392. The molecule has 0 unspecified atom stereocenters. The van der Waals surface area contributed by atoms with E-state index in [2.05, 4.69) is 12.2 Å². The Morgan fingerprint density at radius 3 is 2.24 bits per heavy atom. The molecule has 1 heterocycles. The van der Waals surface area contributed by atoms with Crippen LogP contribution in [0.5, 0.6) is 0 Å². The SMILES string of the molecule is CCCCNC(=O)C1CCN(C(=O)C(N)(CC)CC)CC1. The average molecular weight is 297 g/mol. The number of nitrogens with two attached hydrogens (primary N) is 1. The van der Waals surface area contributed by atoms with Gasteiger partial charge in [-0.3, -0.25) is 9.59 Å². The van der Waals surface area contributed by atoms with Crippen molar-refractivity contribution in [3.63, 3.8) is 0 Å². The minimum atomic E-state index is -0.740. The molecule has 3 N–H and O–H groups in total. The average Bonchev–Trinajstić information content (AvgIpc) is 2.53. The molecule has 0 aliphatic carbocycles. The van der Waals surface area contributed by atoms with Crippen molar-refractivity contribution in [1.29, 1.82) is 0 Å². The molecule has 2 amide bonds. The standard InChI is InChI=1S/C16H31N3O2/c1-4-7-10-18-14(20)13-8-11-19(12-9-13)15(21)16(17,5-2)6-3/h13H,4-12,17H2,1-3H3,(H,18,20). The third-order valence-electron chi connectivity index (χ3n) is 4.67. The summed E-state index contributed by atoms with van der Waals surface area (Å²) in [4.78, 5) is 26.3. The molecule has 0 saturated carbocycles. The summed E-state index contributed by atoms with van der Waals surface area (Å²) < 4.78 is 0. The van der Waals surface area contributed by atoms with Crippen molar-refractivity contribution in [2.24, 2.45) is 11.7 Å². The minimum Gasteiger partial charge on any atom is -0.356 e. The summed E-state index contributed by atoms with van der Waals surface area (Å²) in [5.74, 6) is 0.221. The molecule has 0 spiro atoms. The van der Waals surface area contributed by atoms with Gasteiger partial charge in [-0.05, 0) is 32.1 Å². The van der Waals surface area contributed by atoms with Gasteiger partial charge in [0, 0.05) is 25.6 Å². The molecule has 0 atom stereocenters. The van der Waals surface area contributed by atoms with Crippen molar-refractivity contribution in [2.75, 3.05) is 19.6 Å². The van der Waals surface area contributed by atoms with Crippen LogP contribution in [0.3, 0.4) is 0 Å². The lowest BCUT2D eigenvalue weighted by molar-refractivity contribution is -0.140. The zero-order valence-electron chi connectivity index (χ0n) is 13.8. The van der Waals surface area contributed by atoms with Gasteiger partial charge in [-0.15, -0.1) is 0 Å². The van der Waals surface area contributed by atoms with Crippen LogP contribution in [-0.2, 0) is 9.59 Å². The summed E-state index contributed by atoms with van der Waals surface area (Å²) >= 11 is 0. The number of hydrogen-bond donors (Lipinski definition) is 2. The molecule has 1 aliphatic rings. The van der Waals surface area contributed by atoms with Crippen LogP contribution >= 0.6 is 0 Å². The molecular weight excluding hydrogens is 266 g/mol. The first-order chi connectivity index (χ1) is 9.98. The number of unbranched alkanes of at least 4 members (excludes halogenated alkanes) is 1. The Labute approximate surface area is 128 Å². The highest BCUT2D eigenvalue weighted by molar-refractivity contribution is 5.86. The van der Waals surface area contributed by atoms with Gasteiger partial charge in [-0.1, -0.05) is 27.2 Å². The second-order valence-corrected chi connectivity index (χ2v) is 6.07. The highest BCUT2D eigenvalue weighted by Gasteiger charge is 2.36. The monoisotopic (exact) mass is 297 g/mol. The highest BCUT2D eigenvalue weighted by Crippen LogP contribution is 2.22. The lowest BCUT2D eigenvalue weighted by Gasteiger charge is -2.37. The number of nitrogens with one attached hydrogen (secondary N) is 1. The molecule has 122 valence electrons. The van der Waals surface area contributed by atoms with Crippen molar-refractivity contribution in [3.05, 3.63) is 0 Å². The first-order valence-electron chi connectivity index (χ1n) is 8.34. The third kappa shape index (κ3) is 4.70. The topological polar surface area (TPSA) is 75.4 Å². The number of carbonyl (C=O) groups is 2. The molecule has 5 heteroatoms. The molecule has 21 heavy (non-hydrogen) atoms. The van der Waals surface area contributed by atoms with Crippen LogP contribution in [0, 0.1) is 5.92 Å². The van der Waals surface area contributed by atoms with Crippen molar-refractivity contribution in [2.45, 2.75) is 64.8 Å². The molecule has 0 radical (unpaired) electrons. The Kier molecular flexibility index (Phi) is 7.15. The van der Waals surface area contributed by atoms with Gasteiger partial charge >= 0.3 is 0 Å². The van der Waals surface area contributed by atoms with Crippen LogP contribution in [0.15, 0.2) is 0 Å². The summed E-state index contributed by atoms with van der Waals surface area (Å²) in [5, 5.41) is 2.98. The van der Waals surface area contributed by atoms with Crippen molar-refractivity contribution < 1.29 is 9.59 Å². The Bertz CT molecular complexity index is 345. The third-order valence-corrected chi connectivity index (χ3v) is 4.67. The Balaban J connectivity index is 2.45. The van der Waals surface area contributed by atoms with Crippen molar-refractivity contribution >= 4 is 11.8 Å². The molecule has 1 saturated heterocycles. The zero-order chi connectivity index (χ0) is 15.9. The second kappa shape index (κ2) is 8.37. The molecule has 0 aromatic rings. The van der Waals surface area contributed by atoms with Gasteiger partial charge < -0.3 is 16.0 Å². The van der Waals surface area contributed by atoms with Gasteiger partial charge in [0.05, 0.1) is 5.54 Å². The maximum Gasteiger partial charge on any atom is 0.242 e. The van der Waals surface area contributed by atoms with Gasteiger partial charge in [0.15, 0.2) is 0 Å². The molecule has 0 aromatic carbocycles. The lowest BCUT2D eigenvalue weighted by Crippen LogP contribution is -2.56. The van der Waals surface area contributed by atoms with Crippen LogP contribution in [0.4, 0.5) is 0 Å². The molecule has 0 bridgehead atoms. The van der Waals surface area contributed by atoms with Crippen molar-refractivity contribution in [1.82, 2.24) is 10.2 Å². The fourth-order valence-corrected chi connectivity index (χ4v) is 2.74. The largest absolute Gasteiger partial charge is 0.356 e. The predicted octanol–water partition coefficient (Wildman–Crippen LogP) is 1.66. The number of carbonyl (C=O) groups excluding carboxylic acids is 2. The summed E-state index contributed by atoms with van der Waals surface area (Å²) in [6.45, 7) is 8.06. The van der Waals surface area contributed by atoms with E-state index in [0.29, 0.717) is 25.9 Å². The normalized spacial score (nSPS) is 16.9. The van der Waals surface area contributed by atoms with Crippen LogP contribution in [0.25, 0.3) is 0 Å². The first kappa shape index (κ1) is 18.0. The first-order valence-corrected chi connectivity index (χ1v) is 8.34. The highest BCUT2D eigenvalue weighted by atomic mass is 16.2. The van der Waals surface area contributed by atoms with Crippen LogP contribution in [0.2, 0.25) is 0 Å². The van der Waals surface area contributed by atoms with Crippen molar-refractivity contribution in [3.8, 4) is 0 Å². The van der Waals surface area contributed by atoms with Crippen LogP contribution in [0.1, 0.15) is 59.3 Å². The van der Waals surface area contributed by atoms with E-state index in [0.717, 1.165) is 32.2 Å². The van der Waals surface area contributed by atoms with E-state index in [1.54, 1.807) is 0 Å². The predicted molar refractivity (Wildman–Crippen MR) is 84.7 cm³/mol. The van der Waals surface area contributed by atoms with E-state index in [4.69, 9.17) is 5.73 Å². The van der Waals surface area contributed by atoms with E-state index in [1.165, 1.54) is 0 Å². The zero-order valence-corrected chi connectivity index (χ0v) is 13.8. The summed E-state index contributed by atoms with van der Waals surface area (Å²) in [7, 11) is 0. The Morgan fingerprint density at radius 2 is 1.76 bits per heavy atom. The van der Waals surface area contributed by atoms with Gasteiger partial charge in [-0.2, -0.15) is 0 Å². The maximum absolute atomic E-state index is 12.5. The van der Waals surface area contributed by atoms with E-state index in [-0.39, 0.29) is 17.7 Å². The number of piperidine rings is 1. The smallest absolute Gasteiger partial charge is 0.242 e. The van der Waals surface area contributed by atoms with E-state index < -0.39 is 5.54 Å². The quantitative estimate of drug-likeness (QED) is 0.702. The summed E-state index contributed by atoms with van der Waals surface area (Å²) in [5.41, 5.74) is 5.44. The van der Waals surface area contributed by atoms with E-state index in [1.807, 2.05) is 18.7 Å². The molecule has 1 fully saturated rings. The summed E-state index contributed by atoms with van der Waals surface area (Å²) in [6, 6.07) is 0. The molecule has 5 nitrogen and oxygen atoms in total. The molecule has 1 rings (SSSR count). The number of likely N-dealkylation sites (tertiary alicyclic amines) is 1. The van der Waals surface area contributed by atoms with Gasteiger partial charge in [0.1, 0.15) is 0 Å². The van der Waals surface area contributed by atoms with Crippen LogP contribution < -0.4 is 11.1 Å². The number of nitrogens with zero attached hydrogens (tertiary/aromatic N) is 1. The van der Waals surface area contributed by atoms with Gasteiger partial charge in [-0.25, -0.2) is 0 Å². The number of hydrogen-bond acceptors (Lipinski definition) is 3. The van der Waals surface area contributed by atoms with Gasteiger partial charge in [0.25, 0.3) is 0 Å². The number of rotatable bonds is 7.